The molecule has 0 aliphatic rings. The number of anilines is 2. The van der Waals surface area contributed by atoms with Gasteiger partial charge < -0.3 is 16.4 Å². The highest BCUT2D eigenvalue weighted by molar-refractivity contribution is 5.94. The average Bonchev–Trinajstić information content (AvgIpc) is 2.36. The van der Waals surface area contributed by atoms with Gasteiger partial charge in [-0.1, -0.05) is 0 Å². The lowest BCUT2D eigenvalue weighted by Gasteiger charge is -2.09. The Morgan fingerprint density at radius 3 is 3.00 bits per heavy atom. The maximum Gasteiger partial charge on any atom is 0.239 e. The predicted octanol–water partition coefficient (Wildman–Crippen LogP) is 1.36. The summed E-state index contributed by atoms with van der Waals surface area (Å²) in [5.41, 5.74) is 8.08. The van der Waals surface area contributed by atoms with E-state index in [2.05, 4.69) is 15.6 Å². The molecule has 5 heteroatoms. The zero-order valence-corrected chi connectivity index (χ0v) is 10.2. The van der Waals surface area contributed by atoms with Crippen molar-refractivity contribution in [2.45, 2.75) is 6.92 Å². The highest BCUT2D eigenvalue weighted by Crippen LogP contribution is 2.22. The van der Waals surface area contributed by atoms with Crippen molar-refractivity contribution < 1.29 is 4.79 Å². The number of fused-ring (bicyclic) bond motifs is 1. The summed E-state index contributed by atoms with van der Waals surface area (Å²) in [6.07, 6.45) is 1.70. The molecule has 0 fully saturated rings. The van der Waals surface area contributed by atoms with E-state index in [0.29, 0.717) is 12.2 Å². The first-order valence-electron chi connectivity index (χ1n) is 5.85. The van der Waals surface area contributed by atoms with Crippen molar-refractivity contribution in [1.29, 1.82) is 0 Å². The molecule has 18 heavy (non-hydrogen) atoms. The van der Waals surface area contributed by atoms with Crippen LogP contribution in [0.4, 0.5) is 11.4 Å². The number of benzene rings is 1. The molecule has 0 unspecified atom stereocenters. The Labute approximate surface area is 105 Å². The van der Waals surface area contributed by atoms with Gasteiger partial charge in [0.2, 0.25) is 5.91 Å². The predicted molar refractivity (Wildman–Crippen MR) is 73.3 cm³/mol. The second-order valence-corrected chi connectivity index (χ2v) is 3.94. The number of hydrogen-bond acceptors (Lipinski definition) is 4. The molecule has 1 aromatic carbocycles. The smallest absolute Gasteiger partial charge is 0.239 e. The van der Waals surface area contributed by atoms with E-state index < -0.39 is 0 Å². The van der Waals surface area contributed by atoms with Crippen molar-refractivity contribution in [3.8, 4) is 0 Å². The quantitative estimate of drug-likeness (QED) is 0.709. The lowest BCUT2D eigenvalue weighted by molar-refractivity contribution is -0.119. The van der Waals surface area contributed by atoms with Crippen LogP contribution in [-0.2, 0) is 4.79 Å². The number of rotatable bonds is 4. The van der Waals surface area contributed by atoms with Crippen LogP contribution in [0.3, 0.4) is 0 Å². The summed E-state index contributed by atoms with van der Waals surface area (Å²) in [6.45, 7) is 2.77. The van der Waals surface area contributed by atoms with E-state index in [9.17, 15) is 4.79 Å². The highest BCUT2D eigenvalue weighted by Gasteiger charge is 2.04. The summed E-state index contributed by atoms with van der Waals surface area (Å²) in [4.78, 5) is 15.6. The van der Waals surface area contributed by atoms with Crippen LogP contribution in [0.15, 0.2) is 30.5 Å². The van der Waals surface area contributed by atoms with Crippen molar-refractivity contribution in [3.05, 3.63) is 30.5 Å². The Bertz CT molecular complexity index is 568. The first-order valence-corrected chi connectivity index (χ1v) is 5.85. The maximum atomic E-state index is 11.4. The second-order valence-electron chi connectivity index (χ2n) is 3.94. The van der Waals surface area contributed by atoms with Gasteiger partial charge in [0.15, 0.2) is 0 Å². The van der Waals surface area contributed by atoms with Crippen LogP contribution in [0.1, 0.15) is 6.92 Å². The monoisotopic (exact) mass is 244 g/mol. The van der Waals surface area contributed by atoms with Gasteiger partial charge in [-0.2, -0.15) is 0 Å². The van der Waals surface area contributed by atoms with Gasteiger partial charge in [0.05, 0.1) is 12.1 Å². The molecule has 2 aromatic rings. The van der Waals surface area contributed by atoms with Crippen LogP contribution in [-0.4, -0.2) is 24.0 Å². The molecule has 1 heterocycles. The van der Waals surface area contributed by atoms with Gasteiger partial charge in [-0.05, 0) is 31.2 Å². The summed E-state index contributed by atoms with van der Waals surface area (Å²) < 4.78 is 0. The van der Waals surface area contributed by atoms with Crippen LogP contribution in [0.5, 0.6) is 0 Å². The third kappa shape index (κ3) is 2.68. The van der Waals surface area contributed by atoms with E-state index >= 15 is 0 Å². The SMILES string of the molecule is CCNC(=O)CNc1ccnc2cc(N)ccc12. The van der Waals surface area contributed by atoms with Gasteiger partial charge in [0, 0.05) is 29.5 Å². The van der Waals surface area contributed by atoms with E-state index in [1.807, 2.05) is 31.2 Å². The number of pyridine rings is 1. The van der Waals surface area contributed by atoms with Gasteiger partial charge >= 0.3 is 0 Å². The number of nitrogens with zero attached hydrogens (tertiary/aromatic N) is 1. The third-order valence-electron chi connectivity index (χ3n) is 2.58. The zero-order valence-electron chi connectivity index (χ0n) is 10.2. The van der Waals surface area contributed by atoms with Gasteiger partial charge in [0.25, 0.3) is 0 Å². The van der Waals surface area contributed by atoms with Gasteiger partial charge in [-0.15, -0.1) is 0 Å². The number of carbonyl (C=O) groups excluding carboxylic acids is 1. The van der Waals surface area contributed by atoms with E-state index in [4.69, 9.17) is 5.73 Å². The Hall–Kier alpha value is -2.30. The van der Waals surface area contributed by atoms with Crippen molar-refractivity contribution in [1.82, 2.24) is 10.3 Å². The van der Waals surface area contributed by atoms with Crippen LogP contribution < -0.4 is 16.4 Å². The molecule has 0 aliphatic heterocycles. The fourth-order valence-electron chi connectivity index (χ4n) is 1.75. The normalized spacial score (nSPS) is 10.3. The maximum absolute atomic E-state index is 11.4. The molecule has 5 nitrogen and oxygen atoms in total. The van der Waals surface area contributed by atoms with E-state index in [1.54, 1.807) is 6.20 Å². The molecule has 0 spiro atoms. The molecule has 0 saturated carbocycles. The minimum Gasteiger partial charge on any atom is -0.399 e. The van der Waals surface area contributed by atoms with Gasteiger partial charge in [-0.3, -0.25) is 9.78 Å². The number of amides is 1. The van der Waals surface area contributed by atoms with Crippen LogP contribution in [0.2, 0.25) is 0 Å². The molecule has 0 atom stereocenters. The Morgan fingerprint density at radius 2 is 2.22 bits per heavy atom. The first kappa shape index (κ1) is 12.2. The molecule has 0 bridgehead atoms. The molecule has 0 aliphatic carbocycles. The lowest BCUT2D eigenvalue weighted by atomic mass is 10.1. The largest absolute Gasteiger partial charge is 0.399 e. The summed E-state index contributed by atoms with van der Waals surface area (Å²) in [6, 6.07) is 7.38. The molecule has 94 valence electrons. The molecular formula is C13H16N4O. The first-order chi connectivity index (χ1) is 8.70. The number of hydrogen-bond donors (Lipinski definition) is 3. The minimum atomic E-state index is -0.0297. The summed E-state index contributed by atoms with van der Waals surface area (Å²) in [5, 5.41) is 6.79. The summed E-state index contributed by atoms with van der Waals surface area (Å²) in [7, 11) is 0. The van der Waals surface area contributed by atoms with Crippen LogP contribution in [0, 0.1) is 0 Å². The van der Waals surface area contributed by atoms with Crippen molar-refractivity contribution in [3.63, 3.8) is 0 Å². The minimum absolute atomic E-state index is 0.0297. The highest BCUT2D eigenvalue weighted by atomic mass is 16.1. The number of aromatic nitrogens is 1. The zero-order chi connectivity index (χ0) is 13.0. The molecule has 1 amide bonds. The topological polar surface area (TPSA) is 80.0 Å². The summed E-state index contributed by atoms with van der Waals surface area (Å²) >= 11 is 0. The Kier molecular flexibility index (Phi) is 3.62. The Balaban J connectivity index is 2.20. The molecule has 0 saturated heterocycles. The number of likely N-dealkylation sites (N-methyl/N-ethyl adjacent to an activating group) is 1. The van der Waals surface area contributed by atoms with Crippen molar-refractivity contribution in [2.24, 2.45) is 0 Å². The van der Waals surface area contributed by atoms with E-state index in [-0.39, 0.29) is 12.5 Å². The molecule has 0 radical (unpaired) electrons. The molecule has 2 rings (SSSR count). The summed E-state index contributed by atoms with van der Waals surface area (Å²) in [5.74, 6) is -0.0297. The Morgan fingerprint density at radius 1 is 1.39 bits per heavy atom. The van der Waals surface area contributed by atoms with E-state index in [0.717, 1.165) is 16.6 Å². The molecule has 4 N–H and O–H groups in total. The molecule has 1 aromatic heterocycles. The van der Waals surface area contributed by atoms with Crippen molar-refractivity contribution in [2.75, 3.05) is 24.1 Å². The fourth-order valence-corrected chi connectivity index (χ4v) is 1.75. The van der Waals surface area contributed by atoms with Gasteiger partial charge in [-0.25, -0.2) is 0 Å². The second kappa shape index (κ2) is 5.35. The number of nitrogens with one attached hydrogen (secondary N) is 2. The van der Waals surface area contributed by atoms with Crippen molar-refractivity contribution >= 4 is 28.2 Å². The third-order valence-corrected chi connectivity index (χ3v) is 2.58. The van der Waals surface area contributed by atoms with Gasteiger partial charge in [0.1, 0.15) is 0 Å². The van der Waals surface area contributed by atoms with E-state index in [1.165, 1.54) is 0 Å². The standard InChI is InChI=1S/C13H16N4O/c1-2-15-13(18)8-17-11-5-6-16-12-7-9(14)3-4-10(11)12/h3-7H,2,8,14H2,1H3,(H,15,18)(H,16,17). The molecular weight excluding hydrogens is 228 g/mol. The number of nitrogens with two attached hydrogens (primary N) is 1. The fraction of sp³-hybridized carbons (Fsp3) is 0.231. The average molecular weight is 244 g/mol. The van der Waals surface area contributed by atoms with Crippen LogP contribution in [0.25, 0.3) is 10.9 Å². The van der Waals surface area contributed by atoms with Crippen LogP contribution >= 0.6 is 0 Å². The lowest BCUT2D eigenvalue weighted by Crippen LogP contribution is -2.29. The number of carbonyl (C=O) groups is 1. The number of nitrogen functional groups attached to an aromatic ring is 1.